The normalized spacial score (nSPS) is 25.9. The summed E-state index contributed by atoms with van der Waals surface area (Å²) < 4.78 is 23.7. The first kappa shape index (κ1) is 19.9. The average Bonchev–Trinajstić information content (AvgIpc) is 3.47. The molecule has 0 N–H and O–H groups in total. The second kappa shape index (κ2) is 7.58. The van der Waals surface area contributed by atoms with Crippen LogP contribution < -0.4 is 0 Å². The predicted octanol–water partition coefficient (Wildman–Crippen LogP) is 2.45. The zero-order valence-corrected chi connectivity index (χ0v) is 18.6. The summed E-state index contributed by atoms with van der Waals surface area (Å²) in [5.41, 5.74) is 1.51. The zero-order valence-electron chi connectivity index (χ0n) is 16.2. The molecule has 2 aromatic heterocycles. The van der Waals surface area contributed by atoms with Gasteiger partial charge in [-0.05, 0) is 41.3 Å². The Labute approximate surface area is 182 Å². The van der Waals surface area contributed by atoms with Crippen LogP contribution in [0.4, 0.5) is 0 Å². The molecule has 2 atom stereocenters. The number of fused-ring (bicyclic) bond motifs is 1. The van der Waals surface area contributed by atoms with Gasteiger partial charge in [0, 0.05) is 29.1 Å². The van der Waals surface area contributed by atoms with Crippen LogP contribution in [-0.2, 0) is 25.8 Å². The fourth-order valence-corrected chi connectivity index (χ4v) is 7.88. The fraction of sp³-hybridized carbons (Fsp3) is 0.450. The lowest BCUT2D eigenvalue weighted by Gasteiger charge is -2.37. The van der Waals surface area contributed by atoms with Gasteiger partial charge in [0.2, 0.25) is 5.91 Å². The van der Waals surface area contributed by atoms with E-state index in [2.05, 4.69) is 16.5 Å². The Hall–Kier alpha value is -2.04. The second-order valence-electron chi connectivity index (χ2n) is 7.81. The Morgan fingerprint density at radius 3 is 2.73 bits per heavy atom. The molecule has 3 aliphatic rings. The first-order valence-electron chi connectivity index (χ1n) is 9.93. The van der Waals surface area contributed by atoms with Gasteiger partial charge in [0.25, 0.3) is 5.91 Å². The Balaban J connectivity index is 1.46. The van der Waals surface area contributed by atoms with Gasteiger partial charge in [0.05, 0.1) is 23.6 Å². The lowest BCUT2D eigenvalue weighted by molar-refractivity contribution is -0.134. The summed E-state index contributed by atoms with van der Waals surface area (Å²) in [5, 5.41) is 9.74. The molecule has 7 nitrogen and oxygen atoms in total. The molecule has 0 unspecified atom stereocenters. The van der Waals surface area contributed by atoms with E-state index in [9.17, 15) is 18.0 Å². The summed E-state index contributed by atoms with van der Waals surface area (Å²) in [5.74, 6) is -0.386. The van der Waals surface area contributed by atoms with E-state index in [1.54, 1.807) is 22.7 Å². The molecular weight excluding hydrogens is 442 g/mol. The highest BCUT2D eigenvalue weighted by Crippen LogP contribution is 2.40. The Bertz CT molecular complexity index is 1120. The maximum atomic E-state index is 13.5. The van der Waals surface area contributed by atoms with E-state index < -0.39 is 15.9 Å². The number of hydrazone groups is 1. The summed E-state index contributed by atoms with van der Waals surface area (Å²) >= 11 is 3.34. The number of hydrogen-bond acceptors (Lipinski definition) is 7. The van der Waals surface area contributed by atoms with Crippen molar-refractivity contribution in [2.45, 2.75) is 37.8 Å². The standard InChI is InChI=1S/C20H21N3O4S3/c24-18-4-3-15(21-23(18)13-7-11-30(26,27)12-13)20(25)22-8-5-16-14(6-10-29-16)19(22)17-2-1-9-28-17/h1-2,6,9-10,13,19H,3-5,7-8,11-12H2/t13-,19+/m0/s1. The topological polar surface area (TPSA) is 87.1 Å². The van der Waals surface area contributed by atoms with Crippen molar-refractivity contribution in [2.75, 3.05) is 18.1 Å². The van der Waals surface area contributed by atoms with Crippen LogP contribution in [0.1, 0.15) is 40.6 Å². The maximum Gasteiger partial charge on any atom is 0.270 e. The van der Waals surface area contributed by atoms with Gasteiger partial charge >= 0.3 is 0 Å². The molecule has 1 saturated heterocycles. The molecule has 2 amide bonds. The molecule has 0 radical (unpaired) electrons. The Morgan fingerprint density at radius 2 is 2.00 bits per heavy atom. The number of hydrogen-bond donors (Lipinski definition) is 0. The van der Waals surface area contributed by atoms with Gasteiger partial charge in [-0.25, -0.2) is 13.4 Å². The molecule has 3 aliphatic heterocycles. The third kappa shape index (κ3) is 3.50. The Morgan fingerprint density at radius 1 is 1.13 bits per heavy atom. The van der Waals surface area contributed by atoms with Gasteiger partial charge in [0.1, 0.15) is 5.71 Å². The summed E-state index contributed by atoms with van der Waals surface area (Å²) in [6.07, 6.45) is 1.65. The van der Waals surface area contributed by atoms with Crippen LogP contribution in [0, 0.1) is 0 Å². The molecule has 10 heteroatoms. The molecule has 0 saturated carbocycles. The van der Waals surface area contributed by atoms with E-state index in [4.69, 9.17) is 0 Å². The third-order valence-electron chi connectivity index (χ3n) is 5.90. The van der Waals surface area contributed by atoms with Crippen LogP contribution in [0.25, 0.3) is 0 Å². The molecule has 30 heavy (non-hydrogen) atoms. The molecular formula is C20H21N3O4S3. The van der Waals surface area contributed by atoms with Crippen LogP contribution in [0.3, 0.4) is 0 Å². The molecule has 158 valence electrons. The minimum atomic E-state index is -3.15. The highest BCUT2D eigenvalue weighted by Gasteiger charge is 2.40. The quantitative estimate of drug-likeness (QED) is 0.700. The number of rotatable bonds is 3. The largest absolute Gasteiger partial charge is 0.325 e. The highest BCUT2D eigenvalue weighted by atomic mass is 32.2. The number of amides is 2. The number of nitrogens with zero attached hydrogens (tertiary/aromatic N) is 3. The van der Waals surface area contributed by atoms with E-state index in [1.807, 2.05) is 22.4 Å². The lowest BCUT2D eigenvalue weighted by atomic mass is 9.97. The molecule has 1 fully saturated rings. The van der Waals surface area contributed by atoms with Crippen molar-refractivity contribution >= 4 is 50.0 Å². The smallest absolute Gasteiger partial charge is 0.270 e. The summed E-state index contributed by atoms with van der Waals surface area (Å²) in [6, 6.07) is 5.51. The summed E-state index contributed by atoms with van der Waals surface area (Å²) in [7, 11) is -3.15. The third-order valence-corrected chi connectivity index (χ3v) is 9.57. The lowest BCUT2D eigenvalue weighted by Crippen LogP contribution is -2.47. The van der Waals surface area contributed by atoms with Gasteiger partial charge in [0.15, 0.2) is 9.84 Å². The SMILES string of the molecule is O=C(C1=NN([C@H]2CCS(=O)(=O)C2)C(=O)CC1)N1CCc2sccc2[C@@H]1c1cccs1. The van der Waals surface area contributed by atoms with E-state index in [-0.39, 0.29) is 42.2 Å². The van der Waals surface area contributed by atoms with Crippen LogP contribution in [0.5, 0.6) is 0 Å². The number of carbonyl (C=O) groups is 2. The molecule has 0 bridgehead atoms. The molecule has 0 aliphatic carbocycles. The summed E-state index contributed by atoms with van der Waals surface area (Å²) in [4.78, 5) is 30.2. The van der Waals surface area contributed by atoms with Gasteiger partial charge < -0.3 is 4.90 Å². The predicted molar refractivity (Wildman–Crippen MR) is 116 cm³/mol. The van der Waals surface area contributed by atoms with Crippen LogP contribution >= 0.6 is 22.7 Å². The van der Waals surface area contributed by atoms with Crippen molar-refractivity contribution in [3.05, 3.63) is 44.3 Å². The van der Waals surface area contributed by atoms with Crippen molar-refractivity contribution in [3.8, 4) is 0 Å². The van der Waals surface area contributed by atoms with E-state index >= 15 is 0 Å². The van der Waals surface area contributed by atoms with E-state index in [0.717, 1.165) is 16.9 Å². The number of thiophene rings is 2. The molecule has 0 spiro atoms. The average molecular weight is 464 g/mol. The van der Waals surface area contributed by atoms with Crippen LogP contribution in [0.15, 0.2) is 34.1 Å². The number of carbonyl (C=O) groups excluding carboxylic acids is 2. The summed E-state index contributed by atoms with van der Waals surface area (Å²) in [6.45, 7) is 0.597. The highest BCUT2D eigenvalue weighted by molar-refractivity contribution is 7.91. The van der Waals surface area contributed by atoms with E-state index in [1.165, 1.54) is 9.89 Å². The van der Waals surface area contributed by atoms with Crippen LogP contribution in [-0.4, -0.2) is 59.9 Å². The first-order valence-corrected chi connectivity index (χ1v) is 13.5. The van der Waals surface area contributed by atoms with Gasteiger partial charge in [-0.15, -0.1) is 22.7 Å². The molecule has 2 aromatic rings. The van der Waals surface area contributed by atoms with Crippen LogP contribution in [0.2, 0.25) is 0 Å². The van der Waals surface area contributed by atoms with Crippen molar-refractivity contribution in [1.29, 1.82) is 0 Å². The van der Waals surface area contributed by atoms with E-state index in [0.29, 0.717) is 18.7 Å². The molecule has 0 aromatic carbocycles. The Kier molecular flexibility index (Phi) is 5.03. The minimum Gasteiger partial charge on any atom is -0.325 e. The van der Waals surface area contributed by atoms with Gasteiger partial charge in [-0.2, -0.15) is 5.10 Å². The number of sulfone groups is 1. The maximum absolute atomic E-state index is 13.5. The van der Waals surface area contributed by atoms with Gasteiger partial charge in [-0.1, -0.05) is 6.07 Å². The second-order valence-corrected chi connectivity index (χ2v) is 12.0. The first-order chi connectivity index (χ1) is 14.4. The fourth-order valence-electron chi connectivity index (χ4n) is 4.43. The minimum absolute atomic E-state index is 0.0633. The van der Waals surface area contributed by atoms with Crippen molar-refractivity contribution in [3.63, 3.8) is 0 Å². The molecule has 5 heterocycles. The molecule has 5 rings (SSSR count). The van der Waals surface area contributed by atoms with Crippen molar-refractivity contribution < 1.29 is 18.0 Å². The van der Waals surface area contributed by atoms with Crippen molar-refractivity contribution in [2.24, 2.45) is 5.10 Å². The zero-order chi connectivity index (χ0) is 20.9. The van der Waals surface area contributed by atoms with Crippen molar-refractivity contribution in [1.82, 2.24) is 9.91 Å². The monoisotopic (exact) mass is 463 g/mol. The van der Waals surface area contributed by atoms with Gasteiger partial charge in [-0.3, -0.25) is 9.59 Å².